The molecule has 1 amide bonds. The molecule has 4 aromatic rings. The summed E-state index contributed by atoms with van der Waals surface area (Å²) in [5, 5.41) is 12.8. The zero-order chi connectivity index (χ0) is 22.8. The molecule has 1 aliphatic rings. The van der Waals surface area contributed by atoms with Gasteiger partial charge in [-0.25, -0.2) is 9.37 Å². The number of ether oxygens (including phenoxy) is 2. The number of fused-ring (bicyclic) bond motifs is 1. The molecule has 33 heavy (non-hydrogen) atoms. The fourth-order valence-electron chi connectivity index (χ4n) is 3.18. The number of anilines is 1. The van der Waals surface area contributed by atoms with Crippen molar-refractivity contribution in [2.24, 2.45) is 0 Å². The highest BCUT2D eigenvalue weighted by molar-refractivity contribution is 7.99. The van der Waals surface area contributed by atoms with Crippen LogP contribution >= 0.6 is 23.1 Å². The third kappa shape index (κ3) is 4.81. The van der Waals surface area contributed by atoms with Crippen LogP contribution in [0.3, 0.4) is 0 Å². The first kappa shape index (κ1) is 21.4. The van der Waals surface area contributed by atoms with Crippen molar-refractivity contribution in [1.82, 2.24) is 15.2 Å². The van der Waals surface area contributed by atoms with Crippen LogP contribution in [0.4, 0.5) is 10.1 Å². The van der Waals surface area contributed by atoms with Crippen molar-refractivity contribution in [3.8, 4) is 32.6 Å². The van der Waals surface area contributed by atoms with Crippen LogP contribution in [-0.2, 0) is 4.79 Å². The maximum absolute atomic E-state index is 13.2. The van der Waals surface area contributed by atoms with E-state index in [9.17, 15) is 9.18 Å². The van der Waals surface area contributed by atoms with Crippen molar-refractivity contribution in [2.75, 3.05) is 17.9 Å². The van der Waals surface area contributed by atoms with E-state index < -0.39 is 0 Å². The molecule has 1 N–H and O–H groups in total. The highest BCUT2D eigenvalue weighted by Gasteiger charge is 2.15. The number of rotatable bonds is 6. The second-order valence-electron chi connectivity index (χ2n) is 7.10. The molecule has 0 unspecified atom stereocenters. The third-order valence-corrected chi connectivity index (χ3v) is 6.92. The highest BCUT2D eigenvalue weighted by Crippen LogP contribution is 2.35. The molecule has 0 saturated heterocycles. The second kappa shape index (κ2) is 9.16. The van der Waals surface area contributed by atoms with Crippen molar-refractivity contribution in [1.29, 1.82) is 0 Å². The molecule has 0 aliphatic carbocycles. The van der Waals surface area contributed by atoms with E-state index in [1.165, 1.54) is 35.2 Å². The van der Waals surface area contributed by atoms with E-state index in [-0.39, 0.29) is 24.3 Å². The number of benzene rings is 2. The summed E-state index contributed by atoms with van der Waals surface area (Å²) in [5.74, 6) is 1.03. The molecule has 2 aromatic carbocycles. The Bertz CT molecular complexity index is 1310. The molecule has 0 atom stereocenters. The van der Waals surface area contributed by atoms with Gasteiger partial charge in [0, 0.05) is 17.3 Å². The Hall–Kier alpha value is -3.50. The van der Waals surface area contributed by atoms with Crippen LogP contribution in [0.5, 0.6) is 11.5 Å². The van der Waals surface area contributed by atoms with Crippen LogP contribution in [0.25, 0.3) is 21.1 Å². The number of carbonyl (C=O) groups is 1. The van der Waals surface area contributed by atoms with Crippen molar-refractivity contribution in [3.05, 3.63) is 66.1 Å². The summed E-state index contributed by atoms with van der Waals surface area (Å²) < 4.78 is 23.8. The zero-order valence-electron chi connectivity index (χ0n) is 17.4. The normalized spacial score (nSPS) is 12.1. The molecule has 0 radical (unpaired) electrons. The smallest absolute Gasteiger partial charge is 0.234 e. The van der Waals surface area contributed by atoms with Gasteiger partial charge in [0.25, 0.3) is 0 Å². The Morgan fingerprint density at radius 3 is 2.70 bits per heavy atom. The van der Waals surface area contributed by atoms with Crippen molar-refractivity contribution in [2.45, 2.75) is 11.9 Å². The Morgan fingerprint density at radius 1 is 1.09 bits per heavy atom. The minimum atomic E-state index is -0.282. The van der Waals surface area contributed by atoms with Gasteiger partial charge in [0.05, 0.1) is 16.3 Å². The van der Waals surface area contributed by atoms with E-state index in [1.807, 2.05) is 19.1 Å². The molecular weight excluding hydrogens is 463 g/mol. The van der Waals surface area contributed by atoms with Crippen molar-refractivity contribution < 1.29 is 18.7 Å². The lowest BCUT2D eigenvalue weighted by atomic mass is 10.2. The van der Waals surface area contributed by atoms with Gasteiger partial charge >= 0.3 is 0 Å². The number of aromatic nitrogens is 3. The van der Waals surface area contributed by atoms with Gasteiger partial charge in [-0.2, -0.15) is 0 Å². The molecule has 0 fully saturated rings. The summed E-state index contributed by atoms with van der Waals surface area (Å²) in [6.07, 6.45) is 0. The largest absolute Gasteiger partial charge is 0.454 e. The van der Waals surface area contributed by atoms with Gasteiger partial charge in [-0.05, 0) is 55.5 Å². The summed E-state index contributed by atoms with van der Waals surface area (Å²) in [6.45, 7) is 2.09. The molecule has 7 nitrogen and oxygen atoms in total. The van der Waals surface area contributed by atoms with Crippen LogP contribution in [0.15, 0.2) is 59.6 Å². The Kier molecular flexibility index (Phi) is 5.93. The summed E-state index contributed by atoms with van der Waals surface area (Å²) in [4.78, 5) is 17.8. The third-order valence-electron chi connectivity index (χ3n) is 4.77. The fraction of sp³-hybridized carbons (Fsp3) is 0.130. The van der Waals surface area contributed by atoms with Gasteiger partial charge in [-0.15, -0.1) is 21.5 Å². The number of aryl methyl sites for hydroxylation is 1. The first-order valence-corrected chi connectivity index (χ1v) is 11.7. The number of thioether (sulfide) groups is 1. The minimum Gasteiger partial charge on any atom is -0.454 e. The standard InChI is InChI=1S/C23H17FN4O3S2/c1-13-22(33-23(25-13)14-2-4-15(24)5-3-14)17-7-9-21(28-27-17)32-11-20(29)26-16-6-8-18-19(10-16)31-12-30-18/h2-10H,11-12H2,1H3,(H,26,29). The molecule has 166 valence electrons. The maximum Gasteiger partial charge on any atom is 0.234 e. The topological polar surface area (TPSA) is 86.2 Å². The van der Waals surface area contributed by atoms with Crippen LogP contribution in [0, 0.1) is 12.7 Å². The molecule has 0 spiro atoms. The number of hydrogen-bond acceptors (Lipinski definition) is 8. The van der Waals surface area contributed by atoms with Gasteiger partial charge in [0.15, 0.2) is 11.5 Å². The maximum atomic E-state index is 13.2. The first-order valence-electron chi connectivity index (χ1n) is 9.95. The number of carbonyl (C=O) groups excluding carboxylic acids is 1. The predicted molar refractivity (Wildman–Crippen MR) is 125 cm³/mol. The van der Waals surface area contributed by atoms with Crippen molar-refractivity contribution in [3.63, 3.8) is 0 Å². The average molecular weight is 481 g/mol. The summed E-state index contributed by atoms with van der Waals surface area (Å²) in [5.41, 5.74) is 3.03. The van der Waals surface area contributed by atoms with Gasteiger partial charge in [-0.1, -0.05) is 11.8 Å². The average Bonchev–Trinajstić information content (AvgIpc) is 3.45. The van der Waals surface area contributed by atoms with E-state index in [1.54, 1.807) is 30.3 Å². The number of thiazole rings is 1. The van der Waals surface area contributed by atoms with Gasteiger partial charge in [-0.3, -0.25) is 4.79 Å². The second-order valence-corrected chi connectivity index (χ2v) is 9.10. The van der Waals surface area contributed by atoms with Gasteiger partial charge in [0.2, 0.25) is 12.7 Å². The predicted octanol–water partition coefficient (Wildman–Crippen LogP) is 5.17. The summed E-state index contributed by atoms with van der Waals surface area (Å²) >= 11 is 2.77. The molecular formula is C23H17FN4O3S2. The monoisotopic (exact) mass is 480 g/mol. The number of hydrogen-bond donors (Lipinski definition) is 1. The highest BCUT2D eigenvalue weighted by atomic mass is 32.2. The molecule has 10 heteroatoms. The van der Waals surface area contributed by atoms with Crippen LogP contribution in [0.1, 0.15) is 5.69 Å². The Labute approximate surface area is 197 Å². The van der Waals surface area contributed by atoms with Crippen molar-refractivity contribution >= 4 is 34.7 Å². The molecule has 0 bridgehead atoms. The molecule has 1 aliphatic heterocycles. The lowest BCUT2D eigenvalue weighted by molar-refractivity contribution is -0.113. The lowest BCUT2D eigenvalue weighted by Crippen LogP contribution is -2.14. The molecule has 3 heterocycles. The molecule has 0 saturated carbocycles. The minimum absolute atomic E-state index is 0.160. The SMILES string of the molecule is Cc1nc(-c2ccc(F)cc2)sc1-c1ccc(SCC(=O)Nc2ccc3c(c2)OCO3)nn1. The van der Waals surface area contributed by atoms with Crippen LogP contribution < -0.4 is 14.8 Å². The van der Waals surface area contributed by atoms with Crippen LogP contribution in [0.2, 0.25) is 0 Å². The summed E-state index contributed by atoms with van der Waals surface area (Å²) in [7, 11) is 0. The van der Waals surface area contributed by atoms with E-state index in [0.717, 1.165) is 21.1 Å². The number of nitrogens with zero attached hydrogens (tertiary/aromatic N) is 3. The zero-order valence-corrected chi connectivity index (χ0v) is 19.0. The number of nitrogens with one attached hydrogen (secondary N) is 1. The quantitative estimate of drug-likeness (QED) is 0.381. The number of halogens is 1. The Balaban J connectivity index is 1.21. The fourth-order valence-corrected chi connectivity index (χ4v) is 4.83. The van der Waals surface area contributed by atoms with E-state index in [4.69, 9.17) is 9.47 Å². The Morgan fingerprint density at radius 2 is 1.91 bits per heavy atom. The first-order chi connectivity index (χ1) is 16.0. The molecule has 2 aromatic heterocycles. The van der Waals surface area contributed by atoms with Crippen LogP contribution in [-0.4, -0.2) is 33.6 Å². The van der Waals surface area contributed by atoms with E-state index in [2.05, 4.69) is 20.5 Å². The summed E-state index contributed by atoms with van der Waals surface area (Å²) in [6, 6.07) is 15.2. The van der Waals surface area contributed by atoms with Gasteiger partial charge < -0.3 is 14.8 Å². The lowest BCUT2D eigenvalue weighted by Gasteiger charge is -2.06. The van der Waals surface area contributed by atoms with E-state index in [0.29, 0.717) is 27.9 Å². The van der Waals surface area contributed by atoms with E-state index >= 15 is 0 Å². The van der Waals surface area contributed by atoms with Gasteiger partial charge in [0.1, 0.15) is 21.5 Å². The molecule has 5 rings (SSSR count). The number of amides is 1.